The first-order valence-electron chi connectivity index (χ1n) is 9.59. The summed E-state index contributed by atoms with van der Waals surface area (Å²) in [4.78, 5) is 17.6. The molecule has 3 rings (SSSR count). The SMILES string of the molecule is C=CCNS(=O)(=O)Cc1ccc(NC(=O)c2sc(COc3ccc(Cl)cc3)nc2C)cc1. The van der Waals surface area contributed by atoms with Gasteiger partial charge in [-0.25, -0.2) is 18.1 Å². The molecule has 0 fully saturated rings. The molecule has 3 aromatic rings. The lowest BCUT2D eigenvalue weighted by Gasteiger charge is -2.07. The minimum Gasteiger partial charge on any atom is -0.486 e. The van der Waals surface area contributed by atoms with E-state index in [1.54, 1.807) is 55.5 Å². The highest BCUT2D eigenvalue weighted by molar-refractivity contribution is 7.88. The van der Waals surface area contributed by atoms with Gasteiger partial charge in [-0.1, -0.05) is 29.8 Å². The number of aromatic nitrogens is 1. The molecule has 0 radical (unpaired) electrons. The number of carbonyl (C=O) groups is 1. The van der Waals surface area contributed by atoms with Crippen molar-refractivity contribution >= 4 is 44.6 Å². The second kappa shape index (κ2) is 10.7. The number of amides is 1. The van der Waals surface area contributed by atoms with Crippen LogP contribution in [0, 0.1) is 6.92 Å². The van der Waals surface area contributed by atoms with E-state index in [0.29, 0.717) is 37.6 Å². The Morgan fingerprint density at radius 2 is 1.88 bits per heavy atom. The van der Waals surface area contributed by atoms with Crippen LogP contribution in [0.3, 0.4) is 0 Å². The summed E-state index contributed by atoms with van der Waals surface area (Å²) < 4.78 is 32.0. The molecule has 0 bridgehead atoms. The second-order valence-corrected chi connectivity index (χ2v) is 10.1. The van der Waals surface area contributed by atoms with Crippen LogP contribution >= 0.6 is 22.9 Å². The Bertz CT molecular complexity index is 1190. The van der Waals surface area contributed by atoms with Gasteiger partial charge >= 0.3 is 0 Å². The highest BCUT2D eigenvalue weighted by Gasteiger charge is 2.16. The highest BCUT2D eigenvalue weighted by Crippen LogP contribution is 2.23. The number of rotatable bonds is 10. The average molecular weight is 492 g/mol. The van der Waals surface area contributed by atoms with E-state index in [-0.39, 0.29) is 24.8 Å². The van der Waals surface area contributed by atoms with Gasteiger partial charge < -0.3 is 10.1 Å². The van der Waals surface area contributed by atoms with Gasteiger partial charge in [-0.15, -0.1) is 17.9 Å². The summed E-state index contributed by atoms with van der Waals surface area (Å²) in [5.41, 5.74) is 1.77. The molecule has 1 amide bonds. The summed E-state index contributed by atoms with van der Waals surface area (Å²) in [5.74, 6) is 0.223. The Hall–Kier alpha value is -2.72. The number of nitrogens with zero attached hydrogens (tertiary/aromatic N) is 1. The Labute approximate surface area is 196 Å². The fourth-order valence-corrected chi connectivity index (χ4v) is 4.83. The van der Waals surface area contributed by atoms with Crippen molar-refractivity contribution in [2.24, 2.45) is 0 Å². The number of nitrogens with one attached hydrogen (secondary N) is 2. The number of halogens is 1. The molecule has 0 saturated carbocycles. The van der Waals surface area contributed by atoms with E-state index in [0.717, 1.165) is 0 Å². The van der Waals surface area contributed by atoms with Gasteiger partial charge in [-0.2, -0.15) is 0 Å². The van der Waals surface area contributed by atoms with Crippen molar-refractivity contribution in [1.82, 2.24) is 9.71 Å². The Kier molecular flexibility index (Phi) is 8.03. The lowest BCUT2D eigenvalue weighted by atomic mass is 10.2. The zero-order valence-electron chi connectivity index (χ0n) is 17.3. The predicted octanol–water partition coefficient (Wildman–Crippen LogP) is 4.54. The van der Waals surface area contributed by atoms with Crippen molar-refractivity contribution in [3.63, 3.8) is 0 Å². The summed E-state index contributed by atoms with van der Waals surface area (Å²) in [6.45, 7) is 5.67. The van der Waals surface area contributed by atoms with Crippen LogP contribution in [0.25, 0.3) is 0 Å². The summed E-state index contributed by atoms with van der Waals surface area (Å²) in [6, 6.07) is 13.7. The number of carbonyl (C=O) groups excluding carboxylic acids is 1. The van der Waals surface area contributed by atoms with Gasteiger partial charge in [0.2, 0.25) is 10.0 Å². The molecule has 0 aliphatic rings. The lowest BCUT2D eigenvalue weighted by Crippen LogP contribution is -2.25. The first-order valence-corrected chi connectivity index (χ1v) is 12.4. The molecule has 0 saturated heterocycles. The maximum absolute atomic E-state index is 12.7. The number of aryl methyl sites for hydroxylation is 1. The van der Waals surface area contributed by atoms with Crippen molar-refractivity contribution in [2.75, 3.05) is 11.9 Å². The summed E-state index contributed by atoms with van der Waals surface area (Å²) >= 11 is 7.12. The highest BCUT2D eigenvalue weighted by atomic mass is 35.5. The van der Waals surface area contributed by atoms with Crippen molar-refractivity contribution in [2.45, 2.75) is 19.3 Å². The predicted molar refractivity (Wildman–Crippen MR) is 128 cm³/mol. The standard InChI is InChI=1S/C22H22ClN3O4S2/c1-3-12-24-32(28,29)14-16-4-8-18(9-5-16)26-22(27)21-15(2)25-20(31-21)13-30-19-10-6-17(23)7-11-19/h3-11,24H,1,12-14H2,2H3,(H,26,27). The molecule has 0 atom stereocenters. The van der Waals surface area contributed by atoms with Crippen LogP contribution in [0.4, 0.5) is 5.69 Å². The number of hydrogen-bond acceptors (Lipinski definition) is 6. The van der Waals surface area contributed by atoms with Crippen molar-refractivity contribution in [1.29, 1.82) is 0 Å². The van der Waals surface area contributed by atoms with Gasteiger partial charge in [0.05, 0.1) is 11.4 Å². The third kappa shape index (κ3) is 6.89. The first kappa shape index (κ1) is 23.9. The zero-order valence-corrected chi connectivity index (χ0v) is 19.7. The van der Waals surface area contributed by atoms with Crippen LogP contribution in [-0.2, 0) is 22.4 Å². The molecular formula is C22H22ClN3O4S2. The molecule has 7 nitrogen and oxygen atoms in total. The van der Waals surface area contributed by atoms with Crippen LogP contribution in [0.1, 0.15) is 25.9 Å². The van der Waals surface area contributed by atoms with Crippen LogP contribution in [0.2, 0.25) is 5.02 Å². The fraction of sp³-hybridized carbons (Fsp3) is 0.182. The van der Waals surface area contributed by atoms with Gasteiger partial charge in [0.25, 0.3) is 5.91 Å². The molecule has 2 N–H and O–H groups in total. The van der Waals surface area contributed by atoms with Gasteiger partial charge in [0.1, 0.15) is 22.2 Å². The topological polar surface area (TPSA) is 97.4 Å². The normalized spacial score (nSPS) is 11.2. The maximum Gasteiger partial charge on any atom is 0.267 e. The molecule has 0 unspecified atom stereocenters. The minimum absolute atomic E-state index is 0.153. The molecule has 10 heteroatoms. The second-order valence-electron chi connectivity index (χ2n) is 6.81. The molecule has 1 heterocycles. The number of anilines is 1. The van der Waals surface area contributed by atoms with E-state index in [4.69, 9.17) is 16.3 Å². The third-order valence-electron chi connectivity index (χ3n) is 4.24. The summed E-state index contributed by atoms with van der Waals surface area (Å²) in [6.07, 6.45) is 1.48. The smallest absolute Gasteiger partial charge is 0.267 e. The van der Waals surface area contributed by atoms with Gasteiger partial charge in [-0.3, -0.25) is 4.79 Å². The quantitative estimate of drug-likeness (QED) is 0.406. The first-order chi connectivity index (χ1) is 15.3. The Morgan fingerprint density at radius 3 is 2.53 bits per heavy atom. The van der Waals surface area contributed by atoms with Crippen molar-refractivity contribution in [3.05, 3.63) is 87.4 Å². The number of sulfonamides is 1. The molecule has 32 heavy (non-hydrogen) atoms. The third-order valence-corrected chi connectivity index (χ3v) is 6.94. The van der Waals surface area contributed by atoms with E-state index >= 15 is 0 Å². The minimum atomic E-state index is -3.44. The molecule has 0 aliphatic carbocycles. The molecule has 1 aromatic heterocycles. The largest absolute Gasteiger partial charge is 0.486 e. The summed E-state index contributed by atoms with van der Waals surface area (Å²) in [7, 11) is -3.44. The Balaban J connectivity index is 1.59. The summed E-state index contributed by atoms with van der Waals surface area (Å²) in [5, 5.41) is 4.12. The number of thiazole rings is 1. The van der Waals surface area contributed by atoms with Gasteiger partial charge in [-0.05, 0) is 48.9 Å². The fourth-order valence-electron chi connectivity index (χ4n) is 2.73. The van der Waals surface area contributed by atoms with E-state index in [9.17, 15) is 13.2 Å². The number of benzene rings is 2. The molecule has 168 valence electrons. The number of ether oxygens (including phenoxy) is 1. The van der Waals surface area contributed by atoms with E-state index in [1.165, 1.54) is 17.4 Å². The lowest BCUT2D eigenvalue weighted by molar-refractivity contribution is 0.103. The molecule has 2 aromatic carbocycles. The van der Waals surface area contributed by atoms with Crippen LogP contribution in [-0.4, -0.2) is 25.9 Å². The molecular weight excluding hydrogens is 470 g/mol. The van der Waals surface area contributed by atoms with Crippen LogP contribution in [0.5, 0.6) is 5.75 Å². The van der Waals surface area contributed by atoms with Crippen LogP contribution in [0.15, 0.2) is 61.2 Å². The monoisotopic (exact) mass is 491 g/mol. The van der Waals surface area contributed by atoms with E-state index in [2.05, 4.69) is 21.6 Å². The van der Waals surface area contributed by atoms with E-state index < -0.39 is 10.0 Å². The maximum atomic E-state index is 12.7. The zero-order chi connectivity index (χ0) is 23.1. The molecule has 0 aliphatic heterocycles. The van der Waals surface area contributed by atoms with Gasteiger partial charge in [0, 0.05) is 17.3 Å². The Morgan fingerprint density at radius 1 is 1.19 bits per heavy atom. The number of hydrogen-bond donors (Lipinski definition) is 2. The van der Waals surface area contributed by atoms with E-state index in [1.807, 2.05) is 0 Å². The van der Waals surface area contributed by atoms with Crippen molar-refractivity contribution in [3.8, 4) is 5.75 Å². The van der Waals surface area contributed by atoms with Gasteiger partial charge in [0.15, 0.2) is 0 Å². The van der Waals surface area contributed by atoms with Crippen molar-refractivity contribution < 1.29 is 17.9 Å². The van der Waals surface area contributed by atoms with Crippen LogP contribution < -0.4 is 14.8 Å². The molecule has 0 spiro atoms. The average Bonchev–Trinajstić information content (AvgIpc) is 3.14.